The molecule has 0 bridgehead atoms. The number of nitrogens with zero attached hydrogens (tertiary/aromatic N) is 2. The molecule has 1 aromatic rings. The van der Waals surface area contributed by atoms with Crippen molar-refractivity contribution in [2.75, 3.05) is 13.2 Å². The van der Waals surface area contributed by atoms with Gasteiger partial charge in [-0.05, 0) is 30.4 Å². The highest BCUT2D eigenvalue weighted by Crippen LogP contribution is 2.48. The van der Waals surface area contributed by atoms with E-state index in [2.05, 4.69) is 4.98 Å². The number of carbonyl (C=O) groups is 1. The third kappa shape index (κ3) is 1.69. The lowest BCUT2D eigenvalue weighted by atomic mass is 10.1. The lowest BCUT2D eigenvalue weighted by Gasteiger charge is -2.13. The van der Waals surface area contributed by atoms with Crippen LogP contribution in [0.15, 0.2) is 24.5 Å². The lowest BCUT2D eigenvalue weighted by molar-refractivity contribution is -0.170. The second-order valence-electron chi connectivity index (χ2n) is 4.36. The van der Waals surface area contributed by atoms with Crippen molar-refractivity contribution < 1.29 is 9.63 Å². The van der Waals surface area contributed by atoms with Gasteiger partial charge in [0.15, 0.2) is 0 Å². The zero-order valence-electron chi connectivity index (χ0n) is 9.00. The topological polar surface area (TPSA) is 42.4 Å². The predicted molar refractivity (Wildman–Crippen MR) is 57.4 cm³/mol. The number of rotatable bonds is 2. The molecule has 1 aromatic heterocycles. The molecule has 1 aliphatic carbocycles. The molecule has 1 saturated carbocycles. The molecule has 1 aliphatic heterocycles. The summed E-state index contributed by atoms with van der Waals surface area (Å²) in [4.78, 5) is 21.3. The second kappa shape index (κ2) is 3.87. The van der Waals surface area contributed by atoms with E-state index in [0.717, 1.165) is 19.4 Å². The molecule has 0 radical (unpaired) electrons. The molecule has 1 saturated heterocycles. The van der Waals surface area contributed by atoms with Crippen molar-refractivity contribution in [1.29, 1.82) is 0 Å². The summed E-state index contributed by atoms with van der Waals surface area (Å²) in [5, 5.41) is 1.53. The van der Waals surface area contributed by atoms with Crippen LogP contribution in [0, 0.1) is 5.92 Å². The Morgan fingerprint density at radius 1 is 1.56 bits per heavy atom. The van der Waals surface area contributed by atoms with Crippen LogP contribution in [0.3, 0.4) is 0 Å². The van der Waals surface area contributed by atoms with E-state index in [-0.39, 0.29) is 11.8 Å². The SMILES string of the molecule is O=C([C@H]1C[C@@H]1c1cccnc1)N1CCCO1. The molecule has 0 N–H and O–H groups in total. The first-order valence-electron chi connectivity index (χ1n) is 5.70. The number of aromatic nitrogens is 1. The maximum atomic E-state index is 12.0. The normalized spacial score (nSPS) is 28.1. The minimum atomic E-state index is 0.113. The van der Waals surface area contributed by atoms with Gasteiger partial charge in [0.25, 0.3) is 0 Å². The fraction of sp³-hybridized carbons (Fsp3) is 0.500. The summed E-state index contributed by atoms with van der Waals surface area (Å²) in [5.74, 6) is 0.610. The van der Waals surface area contributed by atoms with E-state index in [1.807, 2.05) is 18.3 Å². The maximum absolute atomic E-state index is 12.0. The first-order chi connectivity index (χ1) is 7.86. The largest absolute Gasteiger partial charge is 0.272 e. The minimum absolute atomic E-state index is 0.113. The monoisotopic (exact) mass is 218 g/mol. The van der Waals surface area contributed by atoms with Crippen molar-refractivity contribution in [3.63, 3.8) is 0 Å². The highest BCUT2D eigenvalue weighted by Gasteiger charge is 2.46. The highest BCUT2D eigenvalue weighted by molar-refractivity contribution is 5.82. The summed E-state index contributed by atoms with van der Waals surface area (Å²) < 4.78 is 0. The summed E-state index contributed by atoms with van der Waals surface area (Å²) in [7, 11) is 0. The van der Waals surface area contributed by atoms with E-state index >= 15 is 0 Å². The van der Waals surface area contributed by atoms with E-state index < -0.39 is 0 Å². The van der Waals surface area contributed by atoms with E-state index in [1.54, 1.807) is 6.20 Å². The van der Waals surface area contributed by atoms with Crippen molar-refractivity contribution in [3.8, 4) is 0 Å². The second-order valence-corrected chi connectivity index (χ2v) is 4.36. The van der Waals surface area contributed by atoms with Crippen LogP contribution in [0.5, 0.6) is 0 Å². The van der Waals surface area contributed by atoms with Crippen LogP contribution in [-0.4, -0.2) is 29.1 Å². The van der Waals surface area contributed by atoms with E-state index in [1.165, 1.54) is 10.6 Å². The summed E-state index contributed by atoms with van der Waals surface area (Å²) in [6.07, 6.45) is 5.50. The molecule has 0 aromatic carbocycles. The van der Waals surface area contributed by atoms with Gasteiger partial charge in [0.05, 0.1) is 13.2 Å². The molecule has 2 heterocycles. The van der Waals surface area contributed by atoms with Crippen molar-refractivity contribution in [2.24, 2.45) is 5.92 Å². The first-order valence-corrected chi connectivity index (χ1v) is 5.70. The Balaban J connectivity index is 1.65. The van der Waals surface area contributed by atoms with Crippen molar-refractivity contribution >= 4 is 5.91 Å². The maximum Gasteiger partial charge on any atom is 0.249 e. The number of pyridine rings is 1. The minimum Gasteiger partial charge on any atom is -0.272 e. The van der Waals surface area contributed by atoms with Crippen LogP contribution in [0.4, 0.5) is 0 Å². The Kier molecular flexibility index (Phi) is 2.36. The van der Waals surface area contributed by atoms with Gasteiger partial charge in [-0.1, -0.05) is 6.07 Å². The summed E-state index contributed by atoms with van der Waals surface area (Å²) in [6.45, 7) is 1.42. The Morgan fingerprint density at radius 2 is 2.50 bits per heavy atom. The average molecular weight is 218 g/mol. The van der Waals surface area contributed by atoms with Crippen molar-refractivity contribution in [1.82, 2.24) is 10.0 Å². The van der Waals surface area contributed by atoms with E-state index in [9.17, 15) is 4.79 Å². The van der Waals surface area contributed by atoms with Crippen molar-refractivity contribution in [2.45, 2.75) is 18.8 Å². The molecule has 3 rings (SSSR count). The van der Waals surface area contributed by atoms with Gasteiger partial charge in [-0.15, -0.1) is 0 Å². The lowest BCUT2D eigenvalue weighted by Crippen LogP contribution is -2.28. The Bertz CT molecular complexity index is 387. The van der Waals surface area contributed by atoms with Crippen LogP contribution in [0.2, 0.25) is 0 Å². The molecule has 16 heavy (non-hydrogen) atoms. The van der Waals surface area contributed by atoms with Crippen LogP contribution >= 0.6 is 0 Å². The number of carbonyl (C=O) groups excluding carboxylic acids is 1. The zero-order valence-corrected chi connectivity index (χ0v) is 9.00. The molecule has 84 valence electrons. The standard InChI is InChI=1S/C12H14N2O2/c15-12(14-5-2-6-16-14)11-7-10(11)9-3-1-4-13-8-9/h1,3-4,8,10-11H,2,5-7H2/t10-,11+/m1/s1. The Hall–Kier alpha value is -1.42. The highest BCUT2D eigenvalue weighted by atomic mass is 16.7. The van der Waals surface area contributed by atoms with Gasteiger partial charge < -0.3 is 0 Å². The van der Waals surface area contributed by atoms with Crippen LogP contribution in [-0.2, 0) is 9.63 Å². The number of hydrogen-bond donors (Lipinski definition) is 0. The third-order valence-corrected chi connectivity index (χ3v) is 3.22. The molecular formula is C12H14N2O2. The van der Waals surface area contributed by atoms with E-state index in [0.29, 0.717) is 12.5 Å². The average Bonchev–Trinajstić information content (AvgIpc) is 2.95. The molecule has 2 aliphatic rings. The fourth-order valence-electron chi connectivity index (χ4n) is 2.24. The summed E-state index contributed by atoms with van der Waals surface area (Å²) in [6, 6.07) is 3.96. The Morgan fingerprint density at radius 3 is 3.19 bits per heavy atom. The predicted octanol–water partition coefficient (Wildman–Crippen LogP) is 1.35. The molecule has 4 heteroatoms. The molecule has 4 nitrogen and oxygen atoms in total. The molecule has 0 spiro atoms. The van der Waals surface area contributed by atoms with Gasteiger partial charge in [-0.3, -0.25) is 14.6 Å². The van der Waals surface area contributed by atoms with Crippen molar-refractivity contribution in [3.05, 3.63) is 30.1 Å². The van der Waals surface area contributed by atoms with Gasteiger partial charge in [-0.25, -0.2) is 5.06 Å². The summed E-state index contributed by atoms with van der Waals surface area (Å²) >= 11 is 0. The molecule has 0 unspecified atom stereocenters. The molecular weight excluding hydrogens is 204 g/mol. The molecule has 2 atom stereocenters. The number of hydrogen-bond acceptors (Lipinski definition) is 3. The summed E-state index contributed by atoms with van der Waals surface area (Å²) in [5.41, 5.74) is 1.17. The number of amides is 1. The van der Waals surface area contributed by atoms with Crippen LogP contribution < -0.4 is 0 Å². The van der Waals surface area contributed by atoms with Gasteiger partial charge in [-0.2, -0.15) is 0 Å². The van der Waals surface area contributed by atoms with Gasteiger partial charge in [0.2, 0.25) is 5.91 Å². The van der Waals surface area contributed by atoms with E-state index in [4.69, 9.17) is 4.84 Å². The van der Waals surface area contributed by atoms with Crippen LogP contribution in [0.1, 0.15) is 24.3 Å². The number of hydroxylamine groups is 2. The quantitative estimate of drug-likeness (QED) is 0.752. The van der Waals surface area contributed by atoms with Crippen LogP contribution in [0.25, 0.3) is 0 Å². The Labute approximate surface area is 94.2 Å². The first kappa shape index (κ1) is 9.78. The third-order valence-electron chi connectivity index (χ3n) is 3.22. The molecule has 2 fully saturated rings. The smallest absolute Gasteiger partial charge is 0.249 e. The van der Waals surface area contributed by atoms with Gasteiger partial charge >= 0.3 is 0 Å². The molecule has 1 amide bonds. The van der Waals surface area contributed by atoms with Gasteiger partial charge in [0.1, 0.15) is 0 Å². The fourth-order valence-corrected chi connectivity index (χ4v) is 2.24. The van der Waals surface area contributed by atoms with Gasteiger partial charge in [0, 0.05) is 18.3 Å². The zero-order chi connectivity index (χ0) is 11.0.